The maximum absolute atomic E-state index is 11.5. The lowest BCUT2D eigenvalue weighted by Gasteiger charge is -2.07. The molecule has 0 saturated heterocycles. The van der Waals surface area contributed by atoms with Gasteiger partial charge < -0.3 is 9.15 Å². The predicted octanol–water partition coefficient (Wildman–Crippen LogP) is 4.65. The highest BCUT2D eigenvalue weighted by molar-refractivity contribution is 7.16. The van der Waals surface area contributed by atoms with Crippen LogP contribution in [0.5, 0.6) is 5.75 Å². The molecule has 108 valence electrons. The Balaban J connectivity index is 1.88. The minimum absolute atomic E-state index is 0.332. The molecule has 1 aromatic carbocycles. The molecule has 2 heterocycles. The average Bonchev–Trinajstić information content (AvgIpc) is 2.89. The fourth-order valence-electron chi connectivity index (χ4n) is 2.18. The minimum atomic E-state index is -0.332. The van der Waals surface area contributed by atoms with Crippen LogP contribution in [0.15, 0.2) is 45.6 Å². The first kappa shape index (κ1) is 14.2. The summed E-state index contributed by atoms with van der Waals surface area (Å²) in [6.07, 6.45) is 0.788. The molecule has 0 radical (unpaired) electrons. The maximum Gasteiger partial charge on any atom is 0.336 e. The molecule has 0 atom stereocenters. The molecular weight excluding hydrogens is 308 g/mol. The molecule has 0 N–H and O–H groups in total. The van der Waals surface area contributed by atoms with E-state index in [0.717, 1.165) is 26.6 Å². The van der Waals surface area contributed by atoms with Crippen molar-refractivity contribution in [3.05, 3.63) is 61.6 Å². The second kappa shape index (κ2) is 5.92. The number of fused-ring (bicyclic) bond motifs is 1. The van der Waals surface area contributed by atoms with Gasteiger partial charge in [-0.3, -0.25) is 0 Å². The van der Waals surface area contributed by atoms with Gasteiger partial charge in [-0.25, -0.2) is 4.79 Å². The van der Waals surface area contributed by atoms with E-state index >= 15 is 0 Å². The zero-order chi connectivity index (χ0) is 14.8. The van der Waals surface area contributed by atoms with Gasteiger partial charge in [0, 0.05) is 22.4 Å². The molecule has 0 spiro atoms. The Bertz CT molecular complexity index is 835. The molecule has 0 aliphatic rings. The van der Waals surface area contributed by atoms with E-state index in [4.69, 9.17) is 20.8 Å². The quantitative estimate of drug-likeness (QED) is 0.657. The molecule has 3 rings (SSSR count). The summed E-state index contributed by atoms with van der Waals surface area (Å²) in [5.74, 6) is 0.670. The van der Waals surface area contributed by atoms with Crippen LogP contribution in [0, 0.1) is 0 Å². The van der Waals surface area contributed by atoms with Crippen molar-refractivity contribution in [1.29, 1.82) is 0 Å². The molecule has 21 heavy (non-hydrogen) atoms. The largest absolute Gasteiger partial charge is 0.488 e. The Hall–Kier alpha value is -1.78. The summed E-state index contributed by atoms with van der Waals surface area (Å²) < 4.78 is 11.7. The average molecular weight is 321 g/mol. The molecule has 3 aromatic rings. The molecule has 0 fully saturated rings. The van der Waals surface area contributed by atoms with Gasteiger partial charge in [0.25, 0.3) is 0 Å². The topological polar surface area (TPSA) is 39.4 Å². The van der Waals surface area contributed by atoms with Gasteiger partial charge in [0.1, 0.15) is 17.9 Å². The van der Waals surface area contributed by atoms with Crippen LogP contribution in [-0.4, -0.2) is 0 Å². The summed E-state index contributed by atoms with van der Waals surface area (Å²) in [4.78, 5) is 12.6. The number of hydrogen-bond donors (Lipinski definition) is 0. The Kier molecular flexibility index (Phi) is 3.99. The molecule has 0 saturated carbocycles. The zero-order valence-electron chi connectivity index (χ0n) is 11.4. The zero-order valence-corrected chi connectivity index (χ0v) is 13.0. The summed E-state index contributed by atoms with van der Waals surface area (Å²) in [7, 11) is 0. The van der Waals surface area contributed by atoms with E-state index in [2.05, 4.69) is 0 Å². The third-order valence-electron chi connectivity index (χ3n) is 3.19. The van der Waals surface area contributed by atoms with Crippen molar-refractivity contribution in [3.63, 3.8) is 0 Å². The number of benzene rings is 1. The van der Waals surface area contributed by atoms with E-state index in [1.807, 2.05) is 31.2 Å². The molecule has 3 nitrogen and oxygen atoms in total. The van der Waals surface area contributed by atoms with Crippen LogP contribution in [-0.2, 0) is 13.0 Å². The molecule has 2 aromatic heterocycles. The third kappa shape index (κ3) is 3.12. The number of rotatable bonds is 4. The van der Waals surface area contributed by atoms with E-state index in [1.54, 1.807) is 6.07 Å². The molecule has 0 aliphatic heterocycles. The van der Waals surface area contributed by atoms with Crippen LogP contribution in [0.2, 0.25) is 4.34 Å². The fourth-order valence-corrected chi connectivity index (χ4v) is 3.18. The number of hydrogen-bond acceptors (Lipinski definition) is 4. The van der Waals surface area contributed by atoms with E-state index < -0.39 is 0 Å². The summed E-state index contributed by atoms with van der Waals surface area (Å²) >= 11 is 7.37. The monoisotopic (exact) mass is 320 g/mol. The first-order valence-corrected chi connectivity index (χ1v) is 7.79. The second-order valence-electron chi connectivity index (χ2n) is 4.60. The summed E-state index contributed by atoms with van der Waals surface area (Å²) in [6, 6.07) is 10.9. The van der Waals surface area contributed by atoms with E-state index in [0.29, 0.717) is 17.9 Å². The number of aryl methyl sites for hydroxylation is 1. The third-order valence-corrected chi connectivity index (χ3v) is 4.40. The normalized spacial score (nSPS) is 11.0. The van der Waals surface area contributed by atoms with Crippen LogP contribution in [0.3, 0.4) is 0 Å². The Morgan fingerprint density at radius 3 is 2.81 bits per heavy atom. The van der Waals surface area contributed by atoms with Crippen molar-refractivity contribution in [1.82, 2.24) is 0 Å². The van der Waals surface area contributed by atoms with Crippen LogP contribution >= 0.6 is 22.9 Å². The van der Waals surface area contributed by atoms with Crippen LogP contribution in [0.4, 0.5) is 0 Å². The Morgan fingerprint density at radius 2 is 2.10 bits per heavy atom. The maximum atomic E-state index is 11.5. The van der Waals surface area contributed by atoms with Crippen molar-refractivity contribution in [2.24, 2.45) is 0 Å². The molecule has 0 unspecified atom stereocenters. The highest BCUT2D eigenvalue weighted by atomic mass is 35.5. The molecular formula is C16H13ClO3S. The highest BCUT2D eigenvalue weighted by Crippen LogP contribution is 2.26. The molecule has 0 bridgehead atoms. The molecule has 0 amide bonds. The summed E-state index contributed by atoms with van der Waals surface area (Å²) in [5.41, 5.74) is 1.21. The van der Waals surface area contributed by atoms with Gasteiger partial charge in [-0.2, -0.15) is 0 Å². The Labute approximate surface area is 130 Å². The standard InChI is InChI=1S/C16H13ClO3S/c1-2-10-7-16(18)20-14-8-11(3-5-13(10)14)19-9-12-4-6-15(17)21-12/h3-8H,2,9H2,1H3. The van der Waals surface area contributed by atoms with Crippen molar-refractivity contribution >= 4 is 33.9 Å². The van der Waals surface area contributed by atoms with Crippen molar-refractivity contribution < 1.29 is 9.15 Å². The minimum Gasteiger partial charge on any atom is -0.488 e. The van der Waals surface area contributed by atoms with Gasteiger partial charge in [-0.05, 0) is 36.2 Å². The van der Waals surface area contributed by atoms with Gasteiger partial charge in [-0.1, -0.05) is 18.5 Å². The van der Waals surface area contributed by atoms with Crippen LogP contribution in [0.1, 0.15) is 17.4 Å². The van der Waals surface area contributed by atoms with Gasteiger partial charge >= 0.3 is 5.63 Å². The van der Waals surface area contributed by atoms with Gasteiger partial charge in [0.2, 0.25) is 0 Å². The lowest BCUT2D eigenvalue weighted by Crippen LogP contribution is -2.00. The predicted molar refractivity (Wildman–Crippen MR) is 85.5 cm³/mol. The van der Waals surface area contributed by atoms with Gasteiger partial charge in [0.05, 0.1) is 4.34 Å². The smallest absolute Gasteiger partial charge is 0.336 e. The summed E-state index contributed by atoms with van der Waals surface area (Å²) in [6.45, 7) is 2.46. The number of halogens is 1. The SMILES string of the molecule is CCc1cc(=O)oc2cc(OCc3ccc(Cl)s3)ccc12. The van der Waals surface area contributed by atoms with Crippen LogP contribution < -0.4 is 10.4 Å². The number of ether oxygens (including phenoxy) is 1. The molecule has 5 heteroatoms. The van der Waals surface area contributed by atoms with Crippen molar-refractivity contribution in [2.45, 2.75) is 20.0 Å². The number of thiophene rings is 1. The molecule has 0 aliphatic carbocycles. The first-order valence-electron chi connectivity index (χ1n) is 6.59. The second-order valence-corrected chi connectivity index (χ2v) is 6.40. The fraction of sp³-hybridized carbons (Fsp3) is 0.188. The first-order chi connectivity index (χ1) is 10.2. The Morgan fingerprint density at radius 1 is 1.24 bits per heavy atom. The van der Waals surface area contributed by atoms with E-state index in [1.165, 1.54) is 17.4 Å². The van der Waals surface area contributed by atoms with Crippen molar-refractivity contribution in [3.8, 4) is 5.75 Å². The van der Waals surface area contributed by atoms with E-state index in [9.17, 15) is 4.79 Å². The van der Waals surface area contributed by atoms with E-state index in [-0.39, 0.29) is 5.63 Å². The van der Waals surface area contributed by atoms with Crippen LogP contribution in [0.25, 0.3) is 11.0 Å². The lowest BCUT2D eigenvalue weighted by molar-refractivity contribution is 0.309. The lowest BCUT2D eigenvalue weighted by atomic mass is 10.1. The van der Waals surface area contributed by atoms with Gasteiger partial charge in [-0.15, -0.1) is 11.3 Å². The van der Waals surface area contributed by atoms with Gasteiger partial charge in [0.15, 0.2) is 0 Å². The van der Waals surface area contributed by atoms with Crippen molar-refractivity contribution in [2.75, 3.05) is 0 Å². The summed E-state index contributed by atoms with van der Waals surface area (Å²) in [5, 5.41) is 0.948. The highest BCUT2D eigenvalue weighted by Gasteiger charge is 2.06.